The van der Waals surface area contributed by atoms with Gasteiger partial charge < -0.3 is 0 Å². The summed E-state index contributed by atoms with van der Waals surface area (Å²) in [4.78, 5) is 3.94. The van der Waals surface area contributed by atoms with E-state index >= 15 is 0 Å². The van der Waals surface area contributed by atoms with Gasteiger partial charge in [0.25, 0.3) is 0 Å². The molecule has 0 N–H and O–H groups in total. The van der Waals surface area contributed by atoms with Gasteiger partial charge in [-0.3, -0.25) is 4.99 Å². The SMILES string of the molecule is C=C1C=NCC1.CC.CC. The molecule has 0 amide bonds. The van der Waals surface area contributed by atoms with Crippen LogP contribution in [0, 0.1) is 0 Å². The van der Waals surface area contributed by atoms with Crippen LogP contribution in [0.1, 0.15) is 34.1 Å². The average Bonchev–Trinajstić information content (AvgIpc) is 2.48. The first-order valence-electron chi connectivity index (χ1n) is 4.07. The highest BCUT2D eigenvalue weighted by atomic mass is 14.7. The van der Waals surface area contributed by atoms with Crippen LogP contribution in [0.2, 0.25) is 0 Å². The molecule has 0 saturated heterocycles. The zero-order chi connectivity index (χ0) is 8.41. The summed E-state index contributed by atoms with van der Waals surface area (Å²) in [6.45, 7) is 12.7. The second kappa shape index (κ2) is 11.2. The molecule has 0 spiro atoms. The highest BCUT2D eigenvalue weighted by Gasteiger charge is 1.92. The second-order valence-corrected chi connectivity index (χ2v) is 1.44. The minimum atomic E-state index is 0.957. The van der Waals surface area contributed by atoms with Crippen molar-refractivity contribution in [3.05, 3.63) is 12.2 Å². The summed E-state index contributed by atoms with van der Waals surface area (Å²) in [5.41, 5.74) is 1.16. The van der Waals surface area contributed by atoms with Crippen LogP contribution in [0.3, 0.4) is 0 Å². The van der Waals surface area contributed by atoms with Gasteiger partial charge in [-0.25, -0.2) is 0 Å². The molecule has 1 heterocycles. The zero-order valence-electron chi connectivity index (χ0n) is 7.65. The van der Waals surface area contributed by atoms with Gasteiger partial charge in [0, 0.05) is 12.8 Å². The standard InChI is InChI=1S/C5H7N.2C2H6/c1-5-2-3-6-4-5;2*1-2/h4H,1-3H2;2*1-2H3. The maximum Gasteiger partial charge on any atom is 0.0430 e. The van der Waals surface area contributed by atoms with Crippen LogP contribution in [-0.4, -0.2) is 12.8 Å². The van der Waals surface area contributed by atoms with Gasteiger partial charge in [0.05, 0.1) is 0 Å². The molecule has 1 aliphatic heterocycles. The lowest BCUT2D eigenvalue weighted by molar-refractivity contribution is 1.05. The van der Waals surface area contributed by atoms with Crippen molar-refractivity contribution in [3.8, 4) is 0 Å². The molecule has 60 valence electrons. The van der Waals surface area contributed by atoms with E-state index in [9.17, 15) is 0 Å². The maximum absolute atomic E-state index is 3.94. The molecule has 0 fully saturated rings. The monoisotopic (exact) mass is 141 g/mol. The molecule has 0 bridgehead atoms. The van der Waals surface area contributed by atoms with Crippen molar-refractivity contribution in [1.29, 1.82) is 0 Å². The summed E-state index contributed by atoms with van der Waals surface area (Å²) >= 11 is 0. The average molecular weight is 141 g/mol. The zero-order valence-corrected chi connectivity index (χ0v) is 7.65. The minimum absolute atomic E-state index is 0.957. The second-order valence-electron chi connectivity index (χ2n) is 1.44. The van der Waals surface area contributed by atoms with Gasteiger partial charge in [-0.05, 0) is 12.0 Å². The summed E-state index contributed by atoms with van der Waals surface area (Å²) in [5, 5.41) is 0. The molecule has 0 atom stereocenters. The smallest absolute Gasteiger partial charge is 0.0430 e. The van der Waals surface area contributed by atoms with E-state index in [1.807, 2.05) is 33.9 Å². The fourth-order valence-corrected chi connectivity index (χ4v) is 0.466. The van der Waals surface area contributed by atoms with E-state index in [-0.39, 0.29) is 0 Å². The van der Waals surface area contributed by atoms with Crippen molar-refractivity contribution in [2.45, 2.75) is 34.1 Å². The van der Waals surface area contributed by atoms with Crippen LogP contribution < -0.4 is 0 Å². The van der Waals surface area contributed by atoms with E-state index in [1.165, 1.54) is 0 Å². The Kier molecular flexibility index (Phi) is 13.6. The van der Waals surface area contributed by atoms with Crippen molar-refractivity contribution in [2.75, 3.05) is 6.54 Å². The summed E-state index contributed by atoms with van der Waals surface area (Å²) in [6, 6.07) is 0. The number of hydrogen-bond acceptors (Lipinski definition) is 1. The highest BCUT2D eigenvalue weighted by Crippen LogP contribution is 2.00. The van der Waals surface area contributed by atoms with E-state index < -0.39 is 0 Å². The first kappa shape index (κ1) is 12.1. The van der Waals surface area contributed by atoms with Crippen LogP contribution in [0.25, 0.3) is 0 Å². The summed E-state index contributed by atoms with van der Waals surface area (Å²) in [6.07, 6.45) is 2.90. The normalized spacial score (nSPS) is 13.0. The third-order valence-electron chi connectivity index (χ3n) is 0.836. The molecule has 1 nitrogen and oxygen atoms in total. The van der Waals surface area contributed by atoms with E-state index in [0.717, 1.165) is 18.5 Å². The van der Waals surface area contributed by atoms with Crippen molar-refractivity contribution >= 4 is 6.21 Å². The van der Waals surface area contributed by atoms with Gasteiger partial charge in [-0.15, -0.1) is 0 Å². The van der Waals surface area contributed by atoms with Crippen molar-refractivity contribution < 1.29 is 0 Å². The molecule has 0 aliphatic carbocycles. The molecule has 0 saturated carbocycles. The minimum Gasteiger partial charge on any atom is -0.293 e. The summed E-state index contributed by atoms with van der Waals surface area (Å²) in [5.74, 6) is 0. The number of rotatable bonds is 0. The lowest BCUT2D eigenvalue weighted by atomic mass is 10.3. The highest BCUT2D eigenvalue weighted by molar-refractivity contribution is 5.79. The van der Waals surface area contributed by atoms with Gasteiger partial charge in [0.1, 0.15) is 0 Å². The van der Waals surface area contributed by atoms with Gasteiger partial charge in [-0.1, -0.05) is 34.3 Å². The molecule has 1 heteroatoms. The number of hydrogen-bond donors (Lipinski definition) is 0. The third kappa shape index (κ3) is 7.41. The Bertz CT molecular complexity index is 92.9. The Balaban J connectivity index is 0. The Labute approximate surface area is 64.9 Å². The summed E-state index contributed by atoms with van der Waals surface area (Å²) in [7, 11) is 0. The molecule has 0 radical (unpaired) electrons. The van der Waals surface area contributed by atoms with Crippen molar-refractivity contribution in [2.24, 2.45) is 4.99 Å². The van der Waals surface area contributed by atoms with E-state index in [4.69, 9.17) is 0 Å². The molecular weight excluding hydrogens is 122 g/mol. The summed E-state index contributed by atoms with van der Waals surface area (Å²) < 4.78 is 0. The Morgan fingerprint density at radius 1 is 1.30 bits per heavy atom. The van der Waals surface area contributed by atoms with Gasteiger partial charge in [-0.2, -0.15) is 0 Å². The fourth-order valence-electron chi connectivity index (χ4n) is 0.466. The van der Waals surface area contributed by atoms with E-state index in [2.05, 4.69) is 11.6 Å². The molecule has 1 aliphatic rings. The fraction of sp³-hybridized carbons (Fsp3) is 0.667. The number of aliphatic imine (C=N–C) groups is 1. The lowest BCUT2D eigenvalue weighted by Gasteiger charge is -1.75. The van der Waals surface area contributed by atoms with Crippen LogP contribution in [0.4, 0.5) is 0 Å². The Hall–Kier alpha value is -0.590. The van der Waals surface area contributed by atoms with Gasteiger partial charge in [0.15, 0.2) is 0 Å². The predicted molar refractivity (Wildman–Crippen MR) is 49.8 cm³/mol. The molecule has 0 aromatic heterocycles. The molecule has 0 aromatic carbocycles. The maximum atomic E-state index is 3.94. The molecule has 0 aromatic rings. The number of nitrogens with zero attached hydrogens (tertiary/aromatic N) is 1. The lowest BCUT2D eigenvalue weighted by Crippen LogP contribution is -1.69. The van der Waals surface area contributed by atoms with Gasteiger partial charge >= 0.3 is 0 Å². The first-order chi connectivity index (χ1) is 4.89. The third-order valence-corrected chi connectivity index (χ3v) is 0.836. The van der Waals surface area contributed by atoms with Gasteiger partial charge in [0.2, 0.25) is 0 Å². The van der Waals surface area contributed by atoms with Crippen LogP contribution in [0.5, 0.6) is 0 Å². The van der Waals surface area contributed by atoms with E-state index in [1.54, 1.807) is 0 Å². The Morgan fingerprint density at radius 2 is 1.80 bits per heavy atom. The van der Waals surface area contributed by atoms with Crippen LogP contribution >= 0.6 is 0 Å². The van der Waals surface area contributed by atoms with E-state index in [0.29, 0.717) is 0 Å². The van der Waals surface area contributed by atoms with Crippen LogP contribution in [0.15, 0.2) is 17.1 Å². The van der Waals surface area contributed by atoms with Crippen molar-refractivity contribution in [3.63, 3.8) is 0 Å². The largest absolute Gasteiger partial charge is 0.293 e. The Morgan fingerprint density at radius 3 is 1.90 bits per heavy atom. The quantitative estimate of drug-likeness (QED) is 0.491. The molecule has 1 rings (SSSR count). The molecular formula is C9H19N. The van der Waals surface area contributed by atoms with Crippen molar-refractivity contribution in [1.82, 2.24) is 0 Å². The topological polar surface area (TPSA) is 12.4 Å². The molecule has 10 heavy (non-hydrogen) atoms. The predicted octanol–water partition coefficient (Wildman–Crippen LogP) is 3.07. The van der Waals surface area contributed by atoms with Crippen LogP contribution in [-0.2, 0) is 0 Å². The first-order valence-corrected chi connectivity index (χ1v) is 4.07. The molecule has 0 unspecified atom stereocenters.